The van der Waals surface area contributed by atoms with Crippen LogP contribution in [0.15, 0.2) is 48.5 Å². The molecule has 5 fully saturated rings. The molecule has 0 bridgehead atoms. The van der Waals surface area contributed by atoms with Crippen molar-refractivity contribution in [1.82, 2.24) is 0 Å². The number of rotatable bonds is 15. The third-order valence-corrected chi connectivity index (χ3v) is 14.2. The Labute approximate surface area is 425 Å². The van der Waals surface area contributed by atoms with E-state index in [4.69, 9.17) is 47.4 Å². The van der Waals surface area contributed by atoms with Gasteiger partial charge in [0.1, 0.15) is 114 Å². The van der Waals surface area contributed by atoms with Gasteiger partial charge in [-0.25, -0.2) is 0 Å². The van der Waals surface area contributed by atoms with E-state index in [-0.39, 0.29) is 40.0 Å². The Morgan fingerprint density at radius 3 is 1.40 bits per heavy atom. The second-order valence-corrected chi connectivity index (χ2v) is 19.8. The predicted molar refractivity (Wildman–Crippen MR) is 248 cm³/mol. The first kappa shape index (κ1) is 55.5. The van der Waals surface area contributed by atoms with Crippen LogP contribution in [0.4, 0.5) is 0 Å². The summed E-state index contributed by atoms with van der Waals surface area (Å²) in [7, 11) is 0. The summed E-state index contributed by atoms with van der Waals surface area (Å²) in [6.45, 7) is -0.623. The van der Waals surface area contributed by atoms with Gasteiger partial charge in [0.15, 0.2) is 18.9 Å². The molecule has 0 aromatic heterocycles. The molecule has 5 heterocycles. The smallest absolute Gasteiger partial charge is 0.229 e. The molecule has 0 aliphatic carbocycles. The summed E-state index contributed by atoms with van der Waals surface area (Å²) in [5.41, 5.74) is -2.78. The summed E-state index contributed by atoms with van der Waals surface area (Å²) in [6, 6.07) is 12.7. The Bertz CT molecular complexity index is 2660. The predicted octanol–water partition coefficient (Wildman–Crippen LogP) is -4.56. The lowest BCUT2D eigenvalue weighted by Crippen LogP contribution is -2.60. The van der Waals surface area contributed by atoms with Crippen molar-refractivity contribution >= 4 is 21.5 Å². The van der Waals surface area contributed by atoms with Gasteiger partial charge in [0.25, 0.3) is 0 Å². The van der Waals surface area contributed by atoms with Crippen molar-refractivity contribution in [3.8, 4) is 34.1 Å². The largest absolute Gasteiger partial charge is 0.507 e. The van der Waals surface area contributed by atoms with E-state index < -0.39 is 173 Å². The number of aliphatic hydroxyl groups is 14. The quantitative estimate of drug-likeness (QED) is 0.0533. The summed E-state index contributed by atoms with van der Waals surface area (Å²) in [6.07, 6.45) is -29.9. The number of fused-ring (bicyclic) bond motifs is 2. The van der Waals surface area contributed by atoms with Crippen molar-refractivity contribution in [3.63, 3.8) is 0 Å². The molecule has 0 saturated carbocycles. The van der Waals surface area contributed by atoms with Gasteiger partial charge < -0.3 is 129 Å². The van der Waals surface area contributed by atoms with E-state index in [9.17, 15) is 81.7 Å². The van der Waals surface area contributed by atoms with E-state index in [1.54, 1.807) is 38.1 Å². The molecule has 9 rings (SSSR count). The number of phenols is 2. The summed E-state index contributed by atoms with van der Waals surface area (Å²) in [4.78, 5) is 0. The molecule has 16 N–H and O–H groups in total. The fourth-order valence-electron chi connectivity index (χ4n) is 9.67. The molecule has 26 heteroatoms. The van der Waals surface area contributed by atoms with Gasteiger partial charge in [-0.2, -0.15) is 0 Å². The van der Waals surface area contributed by atoms with Crippen LogP contribution in [0.2, 0.25) is 0 Å². The zero-order valence-corrected chi connectivity index (χ0v) is 40.2. The van der Waals surface area contributed by atoms with Crippen molar-refractivity contribution < 1.29 is 129 Å². The SMILES string of the molecule is Cc1cc(O[C@@H]2O[C@H](CO[C@@H]3OC[C@](O)(CO)[C@H]3O)[C@@H](O)[C@H](O)[C@H]2O)c2c(O)c(-c3ccc4cc(C)cc(O[C@@H]5O[C@H](CO[C@@H]6OC[C@@](O)(CO[C@@H]7OC[C@@H](O)[C@H](O)[C@H]7O)[C@H]6O)[C@@H](O)[C@H](O)[C@H]5O)c4c3O)ccc2c1. The van der Waals surface area contributed by atoms with Crippen molar-refractivity contribution in [2.45, 2.75) is 136 Å². The lowest BCUT2D eigenvalue weighted by molar-refractivity contribution is -0.290. The van der Waals surface area contributed by atoms with Crippen LogP contribution in [0, 0.1) is 13.8 Å². The molecular weight excluding hydrogens is 1000 g/mol. The highest BCUT2D eigenvalue weighted by atomic mass is 16.8. The van der Waals surface area contributed by atoms with Gasteiger partial charge in [-0.3, -0.25) is 0 Å². The minimum Gasteiger partial charge on any atom is -0.507 e. The maximum absolute atomic E-state index is 12.1. The minimum absolute atomic E-state index is 0.0547. The molecule has 5 aliphatic heterocycles. The molecule has 0 amide bonds. The fraction of sp³-hybridized carbons (Fsp3) is 0.592. The second-order valence-electron chi connectivity index (χ2n) is 19.8. The standard InChI is InChI=1S/C49H62O26/c1-18-7-20-3-5-22(31(52)29(20)25(9-18)72-44-39(60)36(57)34(55)27(74-44)12-67-46-41(62)48(64,14-50)15-70-46)23-6-4-21-8-19(2)10-26(30(21)32(23)53)73-45-40(61)37(58)35(56)28(75-45)13-68-47-42(63)49(65,17-71-47)16-69-43-38(59)33(54)24(51)11-66-43/h3-10,24,27-28,33-47,50-65H,11-17H2,1-2H3/t24-,27-,28-,33+,34-,35-,36+,37+,38-,39-,40-,41+,42+,43+,44-,45-,46-,47-,48-,49+/m1/s1. The van der Waals surface area contributed by atoms with Gasteiger partial charge in [-0.1, -0.05) is 24.3 Å². The van der Waals surface area contributed by atoms with Gasteiger partial charge in [-0.05, 0) is 60.0 Å². The van der Waals surface area contributed by atoms with Gasteiger partial charge >= 0.3 is 0 Å². The zero-order chi connectivity index (χ0) is 54.0. The van der Waals surface area contributed by atoms with Crippen LogP contribution in [0.3, 0.4) is 0 Å². The number of aromatic hydroxyl groups is 2. The van der Waals surface area contributed by atoms with E-state index in [1.807, 2.05) is 0 Å². The molecule has 5 saturated heterocycles. The third kappa shape index (κ3) is 10.6. The minimum atomic E-state index is -2.13. The van der Waals surface area contributed by atoms with Crippen molar-refractivity contribution in [1.29, 1.82) is 0 Å². The first-order chi connectivity index (χ1) is 35.5. The Morgan fingerprint density at radius 2 is 0.947 bits per heavy atom. The number of aliphatic hydroxyl groups excluding tert-OH is 12. The number of benzene rings is 4. The highest BCUT2D eigenvalue weighted by molar-refractivity contribution is 6.04. The Kier molecular flexibility index (Phi) is 16.2. The summed E-state index contributed by atoms with van der Waals surface area (Å²) < 4.78 is 56.5. The molecule has 20 atom stereocenters. The molecule has 0 spiro atoms. The van der Waals surface area contributed by atoms with Crippen molar-refractivity contribution in [3.05, 3.63) is 59.7 Å². The fourth-order valence-corrected chi connectivity index (χ4v) is 9.67. The van der Waals surface area contributed by atoms with Crippen LogP contribution in [0.1, 0.15) is 11.1 Å². The van der Waals surface area contributed by atoms with Crippen LogP contribution < -0.4 is 9.47 Å². The highest BCUT2D eigenvalue weighted by Crippen LogP contribution is 2.48. The first-order valence-corrected chi connectivity index (χ1v) is 23.9. The Morgan fingerprint density at radius 1 is 0.507 bits per heavy atom. The van der Waals surface area contributed by atoms with Crippen molar-refractivity contribution in [2.75, 3.05) is 46.2 Å². The topological polar surface area (TPSA) is 416 Å². The molecule has 75 heavy (non-hydrogen) atoms. The van der Waals surface area contributed by atoms with Gasteiger partial charge in [0.05, 0.1) is 57.0 Å². The van der Waals surface area contributed by atoms with Crippen LogP contribution in [-0.2, 0) is 37.9 Å². The molecule has 5 aliphatic rings. The molecular formula is C49H62O26. The summed E-state index contributed by atoms with van der Waals surface area (Å²) in [5.74, 6) is -0.993. The van der Waals surface area contributed by atoms with Gasteiger partial charge in [0, 0.05) is 11.1 Å². The number of ether oxygens (including phenoxy) is 10. The molecule has 0 radical (unpaired) electrons. The highest BCUT2D eigenvalue weighted by Gasteiger charge is 2.53. The summed E-state index contributed by atoms with van der Waals surface area (Å²) >= 11 is 0. The van der Waals surface area contributed by atoms with E-state index in [1.165, 1.54) is 24.3 Å². The Balaban J connectivity index is 0.925. The molecule has 414 valence electrons. The van der Waals surface area contributed by atoms with Gasteiger partial charge in [0.2, 0.25) is 12.6 Å². The van der Waals surface area contributed by atoms with Crippen molar-refractivity contribution in [2.24, 2.45) is 0 Å². The zero-order valence-electron chi connectivity index (χ0n) is 40.2. The summed E-state index contributed by atoms with van der Waals surface area (Å²) in [5, 5.41) is 173. The van der Waals surface area contributed by atoms with Crippen LogP contribution in [-0.4, -0.2) is 250 Å². The second kappa shape index (κ2) is 21.9. The average molecular weight is 1070 g/mol. The van der Waals surface area contributed by atoms with Crippen LogP contribution >= 0.6 is 0 Å². The lowest BCUT2D eigenvalue weighted by atomic mass is 9.94. The number of hydrogen-bond donors (Lipinski definition) is 16. The third-order valence-electron chi connectivity index (χ3n) is 14.2. The van der Waals surface area contributed by atoms with E-state index in [0.717, 1.165) is 0 Å². The molecule has 26 nitrogen and oxygen atoms in total. The van der Waals surface area contributed by atoms with Crippen LogP contribution in [0.25, 0.3) is 32.7 Å². The van der Waals surface area contributed by atoms with Crippen LogP contribution in [0.5, 0.6) is 23.0 Å². The Hall–Kier alpha value is -4.28. The molecule has 4 aromatic carbocycles. The maximum atomic E-state index is 12.1. The maximum Gasteiger partial charge on any atom is 0.229 e. The monoisotopic (exact) mass is 1070 g/mol. The van der Waals surface area contributed by atoms with E-state index >= 15 is 0 Å². The number of hydrogen-bond acceptors (Lipinski definition) is 26. The molecule has 0 unspecified atom stereocenters. The van der Waals surface area contributed by atoms with E-state index in [2.05, 4.69) is 0 Å². The number of phenolic OH excluding ortho intramolecular Hbond substituents is 2. The first-order valence-electron chi connectivity index (χ1n) is 23.9. The number of aryl methyl sites for hydroxylation is 2. The average Bonchev–Trinajstić information content (AvgIpc) is 3.83. The lowest BCUT2D eigenvalue weighted by Gasteiger charge is -2.40. The van der Waals surface area contributed by atoms with Gasteiger partial charge in [-0.15, -0.1) is 0 Å². The normalized spacial score (nSPS) is 39.4. The molecule has 4 aromatic rings. The van der Waals surface area contributed by atoms with E-state index in [0.29, 0.717) is 21.9 Å².